The number of hydrogen-bond donors (Lipinski definition) is 1. The predicted octanol–water partition coefficient (Wildman–Crippen LogP) is 2.65. The maximum atomic E-state index is 12.6. The second-order valence-corrected chi connectivity index (χ2v) is 9.39. The average Bonchev–Trinajstić information content (AvgIpc) is 3.18. The lowest BCUT2D eigenvalue weighted by Gasteiger charge is -2.22. The maximum Gasteiger partial charge on any atom is 0.253 e. The highest BCUT2D eigenvalue weighted by Gasteiger charge is 2.40. The number of halogens is 1. The molecule has 1 amide bonds. The Hall–Kier alpha value is -1.000. The first kappa shape index (κ1) is 15.9. The van der Waals surface area contributed by atoms with E-state index in [0.29, 0.717) is 28.9 Å². The van der Waals surface area contributed by atoms with Crippen molar-refractivity contribution >= 4 is 55.3 Å². The molecule has 1 saturated heterocycles. The van der Waals surface area contributed by atoms with Gasteiger partial charge in [0.05, 0.1) is 4.34 Å². The molecule has 1 aliphatic heterocycles. The van der Waals surface area contributed by atoms with Crippen molar-refractivity contribution in [3.63, 3.8) is 0 Å². The van der Waals surface area contributed by atoms with E-state index < -0.39 is 16.1 Å². The number of sulfonamides is 1. The Balaban J connectivity index is 1.82. The molecule has 1 N–H and O–H groups in total. The molecule has 2 aromatic rings. The highest BCUT2D eigenvalue weighted by Crippen LogP contribution is 2.32. The van der Waals surface area contributed by atoms with Crippen molar-refractivity contribution in [2.24, 2.45) is 0 Å². The SMILES string of the molecule is O=C(Nc1nccs1)[C@H]1CCCN1S(=O)(=O)c1ccc(Cl)s1. The quantitative estimate of drug-likeness (QED) is 0.888. The van der Waals surface area contributed by atoms with Gasteiger partial charge < -0.3 is 5.32 Å². The lowest BCUT2D eigenvalue weighted by molar-refractivity contribution is -0.119. The average molecular weight is 378 g/mol. The Labute approximate surface area is 140 Å². The minimum Gasteiger partial charge on any atom is -0.301 e. The summed E-state index contributed by atoms with van der Waals surface area (Å²) in [6, 6.07) is 2.30. The Bertz CT molecular complexity index is 773. The third kappa shape index (κ3) is 3.04. The van der Waals surface area contributed by atoms with E-state index >= 15 is 0 Å². The third-order valence-electron chi connectivity index (χ3n) is 3.28. The highest BCUT2D eigenvalue weighted by molar-refractivity contribution is 7.91. The van der Waals surface area contributed by atoms with Gasteiger partial charge in [0.1, 0.15) is 10.3 Å². The number of hydrogen-bond acceptors (Lipinski definition) is 6. The number of rotatable bonds is 4. The Morgan fingerprint density at radius 2 is 2.27 bits per heavy atom. The normalized spacial score (nSPS) is 19.4. The molecule has 0 aromatic carbocycles. The van der Waals surface area contributed by atoms with Gasteiger partial charge in [0.2, 0.25) is 5.91 Å². The second kappa shape index (κ2) is 6.25. The number of aromatic nitrogens is 1. The fraction of sp³-hybridized carbons (Fsp3) is 0.333. The van der Waals surface area contributed by atoms with Crippen LogP contribution in [-0.2, 0) is 14.8 Å². The van der Waals surface area contributed by atoms with Crippen molar-refractivity contribution < 1.29 is 13.2 Å². The summed E-state index contributed by atoms with van der Waals surface area (Å²) in [6.07, 6.45) is 2.72. The van der Waals surface area contributed by atoms with Crippen molar-refractivity contribution in [2.75, 3.05) is 11.9 Å². The van der Waals surface area contributed by atoms with Gasteiger partial charge in [0, 0.05) is 18.1 Å². The van der Waals surface area contributed by atoms with Crippen LogP contribution in [0.3, 0.4) is 0 Å². The molecule has 0 aliphatic carbocycles. The van der Waals surface area contributed by atoms with E-state index in [1.54, 1.807) is 17.6 Å². The molecule has 2 aromatic heterocycles. The van der Waals surface area contributed by atoms with E-state index in [-0.39, 0.29) is 10.1 Å². The number of amides is 1. The van der Waals surface area contributed by atoms with Gasteiger partial charge in [-0.25, -0.2) is 13.4 Å². The minimum absolute atomic E-state index is 0.159. The van der Waals surface area contributed by atoms with Crippen LogP contribution in [0.25, 0.3) is 0 Å². The van der Waals surface area contributed by atoms with Crippen molar-refractivity contribution in [1.82, 2.24) is 9.29 Å². The number of thiophene rings is 1. The van der Waals surface area contributed by atoms with Crippen LogP contribution in [0.15, 0.2) is 27.9 Å². The first-order valence-corrected chi connectivity index (χ1v) is 9.97. The number of anilines is 1. The molecule has 0 radical (unpaired) electrons. The fourth-order valence-electron chi connectivity index (χ4n) is 2.32. The lowest BCUT2D eigenvalue weighted by Crippen LogP contribution is -2.42. The van der Waals surface area contributed by atoms with Crippen LogP contribution in [-0.4, -0.2) is 36.2 Å². The Morgan fingerprint density at radius 3 is 2.91 bits per heavy atom. The molecule has 0 unspecified atom stereocenters. The number of nitrogens with one attached hydrogen (secondary N) is 1. The molecule has 10 heteroatoms. The molecular formula is C12H12ClN3O3S3. The van der Waals surface area contributed by atoms with Gasteiger partial charge >= 0.3 is 0 Å². The number of thiazole rings is 1. The van der Waals surface area contributed by atoms with Crippen LogP contribution in [0, 0.1) is 0 Å². The standard InChI is InChI=1S/C12H12ClN3O3S3/c13-9-3-4-10(21-9)22(18,19)16-6-1-2-8(16)11(17)15-12-14-5-7-20-12/h3-5,7-8H,1-2,6H2,(H,14,15,17)/t8-/m1/s1. The van der Waals surface area contributed by atoms with Crippen molar-refractivity contribution in [1.29, 1.82) is 0 Å². The number of nitrogens with zero attached hydrogens (tertiary/aromatic N) is 2. The molecule has 3 heterocycles. The Kier molecular flexibility index (Phi) is 4.51. The second-order valence-electron chi connectivity index (χ2n) is 4.66. The van der Waals surface area contributed by atoms with Crippen LogP contribution < -0.4 is 5.32 Å². The summed E-state index contributed by atoms with van der Waals surface area (Å²) >= 11 is 8.10. The maximum absolute atomic E-state index is 12.6. The molecule has 1 fully saturated rings. The van der Waals surface area contributed by atoms with E-state index in [9.17, 15) is 13.2 Å². The van der Waals surface area contributed by atoms with Gasteiger partial charge in [-0.2, -0.15) is 4.31 Å². The largest absolute Gasteiger partial charge is 0.301 e. The van der Waals surface area contributed by atoms with E-state index in [4.69, 9.17) is 11.6 Å². The van der Waals surface area contributed by atoms with Crippen LogP contribution >= 0.6 is 34.3 Å². The zero-order chi connectivity index (χ0) is 15.7. The van der Waals surface area contributed by atoms with Gasteiger partial charge in [-0.3, -0.25) is 4.79 Å². The van der Waals surface area contributed by atoms with Gasteiger partial charge in [0.15, 0.2) is 5.13 Å². The van der Waals surface area contributed by atoms with Crippen LogP contribution in [0.5, 0.6) is 0 Å². The van der Waals surface area contributed by atoms with E-state index in [1.165, 1.54) is 21.7 Å². The monoisotopic (exact) mass is 377 g/mol. The summed E-state index contributed by atoms with van der Waals surface area (Å²) in [5, 5.41) is 4.87. The van der Waals surface area contributed by atoms with Crippen molar-refractivity contribution in [3.05, 3.63) is 28.0 Å². The van der Waals surface area contributed by atoms with Crippen LogP contribution in [0.2, 0.25) is 4.34 Å². The molecular weight excluding hydrogens is 366 g/mol. The molecule has 0 saturated carbocycles. The fourth-order valence-corrected chi connectivity index (χ4v) is 6.12. The summed E-state index contributed by atoms with van der Waals surface area (Å²) in [4.78, 5) is 16.3. The molecule has 22 heavy (non-hydrogen) atoms. The number of carbonyl (C=O) groups is 1. The first-order valence-electron chi connectivity index (χ1n) is 6.46. The lowest BCUT2D eigenvalue weighted by atomic mass is 10.2. The summed E-state index contributed by atoms with van der Waals surface area (Å²) in [6.45, 7) is 0.327. The molecule has 3 rings (SSSR count). The molecule has 0 bridgehead atoms. The van der Waals surface area contributed by atoms with E-state index in [1.807, 2.05) is 0 Å². The predicted molar refractivity (Wildman–Crippen MR) is 87.0 cm³/mol. The zero-order valence-corrected chi connectivity index (χ0v) is 14.4. The van der Waals surface area contributed by atoms with Gasteiger partial charge in [-0.1, -0.05) is 11.6 Å². The minimum atomic E-state index is -3.70. The van der Waals surface area contributed by atoms with Gasteiger partial charge in [-0.05, 0) is 25.0 Å². The molecule has 0 spiro atoms. The molecule has 118 valence electrons. The van der Waals surface area contributed by atoms with Gasteiger partial charge in [-0.15, -0.1) is 22.7 Å². The van der Waals surface area contributed by atoms with E-state index in [2.05, 4.69) is 10.3 Å². The Morgan fingerprint density at radius 1 is 1.45 bits per heavy atom. The topological polar surface area (TPSA) is 79.4 Å². The van der Waals surface area contributed by atoms with E-state index in [0.717, 1.165) is 11.3 Å². The van der Waals surface area contributed by atoms with Crippen LogP contribution in [0.1, 0.15) is 12.8 Å². The van der Waals surface area contributed by atoms with Gasteiger partial charge in [0.25, 0.3) is 10.0 Å². The number of carbonyl (C=O) groups excluding carboxylic acids is 1. The summed E-state index contributed by atoms with van der Waals surface area (Å²) in [5.74, 6) is -0.348. The summed E-state index contributed by atoms with van der Waals surface area (Å²) < 4.78 is 27.1. The first-order chi connectivity index (χ1) is 10.5. The van der Waals surface area contributed by atoms with Crippen molar-refractivity contribution in [2.45, 2.75) is 23.1 Å². The van der Waals surface area contributed by atoms with Crippen molar-refractivity contribution in [3.8, 4) is 0 Å². The molecule has 6 nitrogen and oxygen atoms in total. The molecule has 1 atom stereocenters. The smallest absolute Gasteiger partial charge is 0.253 e. The third-order valence-corrected chi connectivity index (χ3v) is 7.58. The molecule has 1 aliphatic rings. The van der Waals surface area contributed by atoms with Crippen LogP contribution in [0.4, 0.5) is 5.13 Å². The zero-order valence-electron chi connectivity index (χ0n) is 11.2. The highest BCUT2D eigenvalue weighted by atomic mass is 35.5. The summed E-state index contributed by atoms with van der Waals surface area (Å²) in [7, 11) is -3.70. The summed E-state index contributed by atoms with van der Waals surface area (Å²) in [5.41, 5.74) is 0.